The zero-order chi connectivity index (χ0) is 50.8. The Bertz CT molecular complexity index is 2840. The Morgan fingerprint density at radius 3 is 1.51 bits per heavy atom. The molecular formula is C61H62N2O10. The molecule has 6 aromatic rings. The van der Waals surface area contributed by atoms with E-state index >= 15 is 0 Å². The molecule has 3 aliphatic rings. The van der Waals surface area contributed by atoms with Gasteiger partial charge in [-0.25, -0.2) is 19.3 Å². The number of nitrogens with zero attached hydrogens (tertiary/aromatic N) is 2. The molecule has 12 heteroatoms. The Labute approximate surface area is 428 Å². The van der Waals surface area contributed by atoms with Crippen molar-refractivity contribution in [1.29, 1.82) is 0 Å². The third-order valence-corrected chi connectivity index (χ3v) is 13.3. The molecule has 0 N–H and O–H groups in total. The van der Waals surface area contributed by atoms with E-state index in [0.717, 1.165) is 136 Å². The summed E-state index contributed by atoms with van der Waals surface area (Å²) >= 11 is 0. The molecule has 2 heterocycles. The lowest BCUT2D eigenvalue weighted by Gasteiger charge is -2.40. The van der Waals surface area contributed by atoms with Gasteiger partial charge in [0.1, 0.15) is 29.1 Å². The van der Waals surface area contributed by atoms with Gasteiger partial charge in [-0.3, -0.25) is 0 Å². The zero-order valence-electron chi connectivity index (χ0n) is 41.6. The van der Waals surface area contributed by atoms with Gasteiger partial charge in [0.15, 0.2) is 11.4 Å². The first-order valence-corrected chi connectivity index (χ1v) is 25.2. The summed E-state index contributed by atoms with van der Waals surface area (Å²) in [5, 5.41) is 0. The molecule has 0 aromatic heterocycles. The molecule has 0 bridgehead atoms. The molecular weight excluding hydrogens is 921 g/mol. The van der Waals surface area contributed by atoms with E-state index in [1.165, 1.54) is 0 Å². The predicted molar refractivity (Wildman–Crippen MR) is 280 cm³/mol. The van der Waals surface area contributed by atoms with Crippen LogP contribution in [0.15, 0.2) is 133 Å². The van der Waals surface area contributed by atoms with Gasteiger partial charge in [0.25, 0.3) is 0 Å². The highest BCUT2D eigenvalue weighted by atomic mass is 16.6. The summed E-state index contributed by atoms with van der Waals surface area (Å²) in [4.78, 5) is 32.4. The summed E-state index contributed by atoms with van der Waals surface area (Å²) < 4.78 is 44.8. The smallest absolute Gasteiger partial charge is 0.343 e. The van der Waals surface area contributed by atoms with Crippen LogP contribution < -0.4 is 18.9 Å². The van der Waals surface area contributed by atoms with Crippen LogP contribution in [0.2, 0.25) is 0 Å². The molecule has 9 rings (SSSR count). The summed E-state index contributed by atoms with van der Waals surface area (Å²) in [6.45, 7) is 25.2. The summed E-state index contributed by atoms with van der Waals surface area (Å²) in [5.41, 5.74) is 8.56. The van der Waals surface area contributed by atoms with Crippen molar-refractivity contribution in [3.8, 4) is 45.3 Å². The van der Waals surface area contributed by atoms with Crippen LogP contribution in [0.1, 0.15) is 96.6 Å². The van der Waals surface area contributed by atoms with Gasteiger partial charge in [-0.15, -0.1) is 0 Å². The van der Waals surface area contributed by atoms with E-state index in [-0.39, 0.29) is 11.3 Å². The molecule has 2 unspecified atom stereocenters. The van der Waals surface area contributed by atoms with E-state index in [2.05, 4.69) is 23.5 Å². The molecule has 0 saturated carbocycles. The maximum atomic E-state index is 13.0. The molecule has 2 fully saturated rings. The van der Waals surface area contributed by atoms with Crippen molar-refractivity contribution < 1.29 is 47.5 Å². The number of ether oxygens (including phenoxy) is 8. The Balaban J connectivity index is 0.000000247. The summed E-state index contributed by atoms with van der Waals surface area (Å²) in [5.74, 6) is 1.59. The first-order chi connectivity index (χ1) is 35.7. The number of rotatable bonds is 24. The second-order valence-corrected chi connectivity index (χ2v) is 18.6. The van der Waals surface area contributed by atoms with Crippen LogP contribution >= 0.6 is 0 Å². The van der Waals surface area contributed by atoms with Crippen LogP contribution in [0.25, 0.3) is 31.9 Å². The van der Waals surface area contributed by atoms with Crippen LogP contribution in [0.5, 0.6) is 23.0 Å². The van der Waals surface area contributed by atoms with Crippen molar-refractivity contribution in [3.05, 3.63) is 179 Å². The van der Waals surface area contributed by atoms with Crippen LogP contribution in [0, 0.1) is 18.6 Å². The number of unbranched alkanes of at least 4 members (excludes halogenated alkanes) is 4. The predicted octanol–water partition coefficient (Wildman–Crippen LogP) is 13.7. The lowest BCUT2D eigenvalue weighted by atomic mass is 9.84. The molecule has 2 atom stereocenters. The highest BCUT2D eigenvalue weighted by Crippen LogP contribution is 2.47. The molecule has 6 aromatic carbocycles. The van der Waals surface area contributed by atoms with Gasteiger partial charge >= 0.3 is 11.9 Å². The molecule has 1 aliphatic carbocycles. The zero-order valence-corrected chi connectivity index (χ0v) is 41.6. The van der Waals surface area contributed by atoms with Gasteiger partial charge in [-0.1, -0.05) is 93.1 Å². The second-order valence-electron chi connectivity index (χ2n) is 18.6. The standard InChI is InChI=1S/C41H41NO7.C20H21NO3/c1-4-41(26-46-27-41)25-45-21-7-5-6-8-22-47-32-15-11-30(12-16-32)40(44)49-34-18-20-36-35-19-17-33(23-37(35)28(2)38(36)24-34)48-39(43)29-9-13-31(42-3)14-10-29;1-21-18-8-4-16(5-9-18)17-6-10-19(11-7-17)23-13-3-2-12-22-14-20-15-24-20/h9-20,23-24,28H,4-8,21-22,25-27H2,1-2H3;4-11,20H,2-3,12-15H2. The number of fused-ring (bicyclic) bond motifs is 3. The molecule has 73 heavy (non-hydrogen) atoms. The fourth-order valence-corrected chi connectivity index (χ4v) is 8.54. The summed E-state index contributed by atoms with van der Waals surface area (Å²) in [7, 11) is 0. The van der Waals surface area contributed by atoms with Gasteiger partial charge in [0, 0.05) is 24.5 Å². The Morgan fingerprint density at radius 2 is 1.01 bits per heavy atom. The Hall–Kier alpha value is -7.32. The van der Waals surface area contributed by atoms with Crippen LogP contribution in [-0.4, -0.2) is 77.5 Å². The van der Waals surface area contributed by atoms with E-state index in [0.29, 0.717) is 53.3 Å². The highest BCUT2D eigenvalue weighted by Gasteiger charge is 2.37. The highest BCUT2D eigenvalue weighted by molar-refractivity contribution is 5.92. The second kappa shape index (κ2) is 25.9. The normalized spacial score (nSPS) is 15.5. The summed E-state index contributed by atoms with van der Waals surface area (Å²) in [6, 6.07) is 40.3. The van der Waals surface area contributed by atoms with Crippen molar-refractivity contribution in [2.24, 2.45) is 5.41 Å². The average molecular weight is 983 g/mol. The lowest BCUT2D eigenvalue weighted by Crippen LogP contribution is -2.45. The van der Waals surface area contributed by atoms with Crippen molar-refractivity contribution in [3.63, 3.8) is 0 Å². The van der Waals surface area contributed by atoms with E-state index in [1.54, 1.807) is 60.7 Å². The number of carbonyl (C=O) groups is 2. The third-order valence-electron chi connectivity index (χ3n) is 13.3. The summed E-state index contributed by atoms with van der Waals surface area (Å²) in [6.07, 6.45) is 7.62. The SMILES string of the molecule is [C-]#[N+]c1ccc(-c2ccc(OCCCCOCC3CO3)cc2)cc1.[C-]#[N+]c1ccc(C(=O)Oc2ccc3c(c2)C(C)c2cc(OC(=O)c4ccc(OCCCCCCOCC5(CC)COC5)cc4)ccc2-3)cc1. The number of hydrogen-bond donors (Lipinski definition) is 0. The van der Waals surface area contributed by atoms with Crippen molar-refractivity contribution >= 4 is 23.3 Å². The molecule has 0 spiro atoms. The number of carbonyl (C=O) groups excluding carboxylic acids is 2. The topological polar surface area (TPSA) is 120 Å². The van der Waals surface area contributed by atoms with Gasteiger partial charge < -0.3 is 37.9 Å². The third kappa shape index (κ3) is 14.7. The molecule has 12 nitrogen and oxygen atoms in total. The van der Waals surface area contributed by atoms with Gasteiger partial charge in [0.05, 0.1) is 70.5 Å². The average Bonchev–Trinajstić information content (AvgIpc) is 4.21. The quantitative estimate of drug-likeness (QED) is 0.0191. The minimum atomic E-state index is -0.485. The minimum Gasteiger partial charge on any atom is -0.494 e. The molecule has 2 aliphatic heterocycles. The molecule has 0 radical (unpaired) electrons. The molecule has 2 saturated heterocycles. The Morgan fingerprint density at radius 1 is 0.575 bits per heavy atom. The van der Waals surface area contributed by atoms with Crippen LogP contribution in [0.4, 0.5) is 11.4 Å². The monoisotopic (exact) mass is 982 g/mol. The Kier molecular flexibility index (Phi) is 18.4. The van der Waals surface area contributed by atoms with E-state index < -0.39 is 11.9 Å². The fourth-order valence-electron chi connectivity index (χ4n) is 8.54. The largest absolute Gasteiger partial charge is 0.494 e. The first kappa shape index (κ1) is 52.0. The van der Waals surface area contributed by atoms with Crippen LogP contribution in [-0.2, 0) is 18.9 Å². The van der Waals surface area contributed by atoms with E-state index in [1.807, 2.05) is 72.8 Å². The van der Waals surface area contributed by atoms with Crippen molar-refractivity contribution in [1.82, 2.24) is 0 Å². The van der Waals surface area contributed by atoms with E-state index in [9.17, 15) is 9.59 Å². The lowest BCUT2D eigenvalue weighted by molar-refractivity contribution is -0.150. The van der Waals surface area contributed by atoms with Gasteiger partial charge in [0.2, 0.25) is 0 Å². The number of esters is 2. The fraction of sp³-hybridized carbons (Fsp3) is 0.344. The molecule has 0 amide bonds. The minimum absolute atomic E-state index is 0.00541. The maximum absolute atomic E-state index is 13.0. The van der Waals surface area contributed by atoms with Crippen LogP contribution in [0.3, 0.4) is 0 Å². The van der Waals surface area contributed by atoms with E-state index in [4.69, 9.17) is 51.0 Å². The first-order valence-electron chi connectivity index (χ1n) is 25.2. The number of epoxide rings is 1. The number of benzene rings is 6. The van der Waals surface area contributed by atoms with Gasteiger partial charge in [-0.2, -0.15) is 0 Å². The van der Waals surface area contributed by atoms with Crippen molar-refractivity contribution in [2.45, 2.75) is 70.8 Å². The van der Waals surface area contributed by atoms with Gasteiger partial charge in [-0.05, 0) is 133 Å². The van der Waals surface area contributed by atoms with Crippen molar-refractivity contribution in [2.75, 3.05) is 59.5 Å². The number of hydrogen-bond acceptors (Lipinski definition) is 10. The maximum Gasteiger partial charge on any atom is 0.343 e. The molecule has 376 valence electrons.